The van der Waals surface area contributed by atoms with E-state index in [2.05, 4.69) is 10.4 Å². The molecule has 4 rings (SSSR count). The maximum Gasteiger partial charge on any atom is 0.416 e. The van der Waals surface area contributed by atoms with Crippen molar-refractivity contribution in [3.63, 3.8) is 0 Å². The Labute approximate surface area is 175 Å². The van der Waals surface area contributed by atoms with Gasteiger partial charge in [-0.25, -0.2) is 9.18 Å². The molecule has 0 radical (unpaired) electrons. The number of rotatable bonds is 5. The van der Waals surface area contributed by atoms with Crippen LogP contribution in [-0.4, -0.2) is 37.8 Å². The largest absolute Gasteiger partial charge is 0.439 e. The van der Waals surface area contributed by atoms with Crippen LogP contribution in [0.25, 0.3) is 0 Å². The number of hydrogen-bond acceptors (Lipinski definition) is 5. The summed E-state index contributed by atoms with van der Waals surface area (Å²) < 4.78 is 60.3. The van der Waals surface area contributed by atoms with Crippen molar-refractivity contribution in [2.45, 2.75) is 57.4 Å². The average Bonchev–Trinajstić information content (AvgIpc) is 3.33. The SMILES string of the molecule is Cc1nn(C)c(C)c1CNC(O)N1C(=O)O[C@H](c2cc(F)cc(C(F)(F)F)c2)C12CC2. The van der Waals surface area contributed by atoms with Gasteiger partial charge in [-0.15, -0.1) is 0 Å². The number of hydrogen-bond donors (Lipinski definition) is 2. The molecule has 2 heterocycles. The molecule has 1 saturated heterocycles. The Bertz CT molecular complexity index is 1030. The van der Waals surface area contributed by atoms with Crippen LogP contribution in [0.15, 0.2) is 18.2 Å². The Morgan fingerprint density at radius 2 is 2.00 bits per heavy atom. The van der Waals surface area contributed by atoms with Crippen molar-refractivity contribution in [3.8, 4) is 0 Å². The Morgan fingerprint density at radius 1 is 1.32 bits per heavy atom. The van der Waals surface area contributed by atoms with Gasteiger partial charge < -0.3 is 9.84 Å². The number of carbonyl (C=O) groups excluding carboxylic acids is 1. The van der Waals surface area contributed by atoms with E-state index in [1.165, 1.54) is 0 Å². The third-order valence-electron chi connectivity index (χ3n) is 6.06. The number of halogens is 4. The maximum atomic E-state index is 13.9. The summed E-state index contributed by atoms with van der Waals surface area (Å²) in [6, 6.07) is 2.11. The fourth-order valence-corrected chi connectivity index (χ4v) is 4.21. The molecule has 1 aromatic heterocycles. The summed E-state index contributed by atoms with van der Waals surface area (Å²) in [5.74, 6) is -1.07. The highest BCUT2D eigenvalue weighted by Crippen LogP contribution is 2.57. The molecule has 2 aromatic rings. The molecule has 2 N–H and O–H groups in total. The number of ether oxygens (including phenoxy) is 1. The van der Waals surface area contributed by atoms with Crippen LogP contribution in [0.3, 0.4) is 0 Å². The van der Waals surface area contributed by atoms with Crippen LogP contribution in [0.1, 0.15) is 47.0 Å². The zero-order valence-corrected chi connectivity index (χ0v) is 17.1. The van der Waals surface area contributed by atoms with Crippen LogP contribution in [0.5, 0.6) is 0 Å². The van der Waals surface area contributed by atoms with Gasteiger partial charge in [0.05, 0.1) is 16.8 Å². The molecule has 1 spiro atoms. The molecule has 31 heavy (non-hydrogen) atoms. The van der Waals surface area contributed by atoms with Gasteiger partial charge in [-0.2, -0.15) is 18.3 Å². The number of cyclic esters (lactones) is 1. The van der Waals surface area contributed by atoms with Crippen LogP contribution in [0.4, 0.5) is 22.4 Å². The molecule has 2 aliphatic rings. The predicted molar refractivity (Wildman–Crippen MR) is 100.0 cm³/mol. The van der Waals surface area contributed by atoms with Crippen LogP contribution < -0.4 is 5.32 Å². The number of nitrogens with one attached hydrogen (secondary N) is 1. The lowest BCUT2D eigenvalue weighted by Crippen LogP contribution is -2.51. The smallest absolute Gasteiger partial charge is 0.416 e. The Balaban J connectivity index is 1.57. The lowest BCUT2D eigenvalue weighted by atomic mass is 9.97. The van der Waals surface area contributed by atoms with Gasteiger partial charge >= 0.3 is 12.3 Å². The topological polar surface area (TPSA) is 79.6 Å². The first-order valence-corrected chi connectivity index (χ1v) is 9.72. The van der Waals surface area contributed by atoms with Gasteiger partial charge in [-0.05, 0) is 50.5 Å². The molecule has 7 nitrogen and oxygen atoms in total. The van der Waals surface area contributed by atoms with E-state index < -0.39 is 41.6 Å². The molecule has 0 bridgehead atoms. The van der Waals surface area contributed by atoms with Gasteiger partial charge in [-0.1, -0.05) is 0 Å². The van der Waals surface area contributed by atoms with Crippen molar-refractivity contribution in [1.29, 1.82) is 0 Å². The third-order valence-corrected chi connectivity index (χ3v) is 6.06. The summed E-state index contributed by atoms with van der Waals surface area (Å²) in [5.41, 5.74) is 0.234. The Morgan fingerprint density at radius 3 is 2.55 bits per heavy atom. The first-order valence-electron chi connectivity index (χ1n) is 9.72. The second kappa shape index (κ2) is 7.20. The number of benzene rings is 1. The van der Waals surface area contributed by atoms with Gasteiger partial charge in [0.15, 0.2) is 12.5 Å². The van der Waals surface area contributed by atoms with E-state index in [-0.39, 0.29) is 12.1 Å². The second-order valence-corrected chi connectivity index (χ2v) is 8.04. The molecule has 1 aromatic carbocycles. The van der Waals surface area contributed by atoms with E-state index in [0.717, 1.165) is 34.0 Å². The van der Waals surface area contributed by atoms with Crippen LogP contribution >= 0.6 is 0 Å². The number of nitrogens with zero attached hydrogens (tertiary/aromatic N) is 3. The number of aliphatic hydroxyl groups excluding tert-OH is 1. The summed E-state index contributed by atoms with van der Waals surface area (Å²) in [5, 5.41) is 17.8. The van der Waals surface area contributed by atoms with Gasteiger partial charge in [0.1, 0.15) is 5.82 Å². The fraction of sp³-hybridized carbons (Fsp3) is 0.500. The summed E-state index contributed by atoms with van der Waals surface area (Å²) in [7, 11) is 1.79. The molecule has 2 atom stereocenters. The van der Waals surface area contributed by atoms with E-state index in [0.29, 0.717) is 18.9 Å². The maximum absolute atomic E-state index is 13.9. The quantitative estimate of drug-likeness (QED) is 0.549. The molecule has 168 valence electrons. The van der Waals surface area contributed by atoms with E-state index in [1.54, 1.807) is 11.7 Å². The van der Waals surface area contributed by atoms with E-state index >= 15 is 0 Å². The van der Waals surface area contributed by atoms with Crippen molar-refractivity contribution in [3.05, 3.63) is 52.1 Å². The zero-order valence-electron chi connectivity index (χ0n) is 17.1. The van der Waals surface area contributed by atoms with Crippen LogP contribution in [0.2, 0.25) is 0 Å². The standard InChI is InChI=1S/C20H22F4N4O3/c1-10-15(11(2)27(3)26-10)9-25-17(29)28-18(30)31-16(19(28)4-5-19)12-6-13(20(22,23)24)8-14(21)7-12/h6-8,16-17,25,29H,4-5,9H2,1-3H3/t16-,17?/m1/s1. The predicted octanol–water partition coefficient (Wildman–Crippen LogP) is 3.29. The van der Waals surface area contributed by atoms with Gasteiger partial charge in [0.2, 0.25) is 0 Å². The van der Waals surface area contributed by atoms with Gasteiger partial charge in [0.25, 0.3) is 0 Å². The Hall–Kier alpha value is -2.66. The first-order chi connectivity index (χ1) is 14.4. The number of aliphatic hydroxyl groups is 1. The van der Waals surface area contributed by atoms with Crippen LogP contribution in [0, 0.1) is 19.7 Å². The lowest BCUT2D eigenvalue weighted by Gasteiger charge is -2.29. The van der Waals surface area contributed by atoms with E-state index in [9.17, 15) is 27.5 Å². The van der Waals surface area contributed by atoms with Crippen molar-refractivity contribution in [2.75, 3.05) is 0 Å². The molecule has 1 aliphatic heterocycles. The first kappa shape index (κ1) is 21.6. The minimum Gasteiger partial charge on any atom is -0.439 e. The minimum absolute atomic E-state index is 0.0909. The summed E-state index contributed by atoms with van der Waals surface area (Å²) in [4.78, 5) is 13.6. The highest BCUT2D eigenvalue weighted by Gasteiger charge is 2.65. The van der Waals surface area contributed by atoms with Crippen molar-refractivity contribution in [2.24, 2.45) is 7.05 Å². The summed E-state index contributed by atoms with van der Waals surface area (Å²) in [6.45, 7) is 3.91. The molecule has 2 fully saturated rings. The molecule has 1 amide bonds. The minimum atomic E-state index is -4.74. The number of alkyl halides is 3. The van der Waals surface area contributed by atoms with E-state index in [1.807, 2.05) is 13.8 Å². The van der Waals surface area contributed by atoms with Crippen LogP contribution in [-0.2, 0) is 24.5 Å². The lowest BCUT2D eigenvalue weighted by molar-refractivity contribution is -0.137. The number of aryl methyl sites for hydroxylation is 2. The third kappa shape index (κ3) is 3.65. The summed E-state index contributed by atoms with van der Waals surface area (Å²) in [6.07, 6.45) is -7.35. The number of amides is 1. The van der Waals surface area contributed by atoms with Crippen molar-refractivity contribution in [1.82, 2.24) is 20.0 Å². The van der Waals surface area contributed by atoms with Crippen molar-refractivity contribution >= 4 is 6.09 Å². The van der Waals surface area contributed by atoms with Gasteiger partial charge in [-0.3, -0.25) is 14.9 Å². The highest BCUT2D eigenvalue weighted by molar-refractivity contribution is 5.73. The number of aromatic nitrogens is 2. The monoisotopic (exact) mass is 442 g/mol. The van der Waals surface area contributed by atoms with Crippen molar-refractivity contribution < 1.29 is 32.2 Å². The molecule has 11 heteroatoms. The van der Waals surface area contributed by atoms with Gasteiger partial charge in [0, 0.05) is 24.8 Å². The average molecular weight is 442 g/mol. The zero-order chi connectivity index (χ0) is 22.7. The molecule has 1 unspecified atom stereocenters. The highest BCUT2D eigenvalue weighted by atomic mass is 19.4. The Kier molecular flexibility index (Phi) is 5.01. The molecular weight excluding hydrogens is 420 g/mol. The molecule has 1 saturated carbocycles. The normalized spacial score (nSPS) is 21.0. The molecular formula is C20H22F4N4O3. The van der Waals surface area contributed by atoms with E-state index in [4.69, 9.17) is 4.74 Å². The second-order valence-electron chi connectivity index (χ2n) is 8.04. The fourth-order valence-electron chi connectivity index (χ4n) is 4.21. The summed E-state index contributed by atoms with van der Waals surface area (Å²) >= 11 is 0. The molecule has 1 aliphatic carbocycles. The number of carbonyl (C=O) groups is 1.